The number of amides is 3. The second-order valence-corrected chi connectivity index (χ2v) is 19.2. The molecule has 2 heterocycles. The number of hydrogen-bond acceptors (Lipinski definition) is 21. The predicted octanol–water partition coefficient (Wildman–Crippen LogP) is 1.57. The van der Waals surface area contributed by atoms with Crippen LogP contribution in [0.5, 0.6) is 17.2 Å². The number of ether oxygens (including phenoxy) is 5. The smallest absolute Gasteiger partial charge is 0.305 e. The molecule has 2 aromatic carbocycles. The van der Waals surface area contributed by atoms with Gasteiger partial charge in [-0.3, -0.25) is 38.5 Å². The van der Waals surface area contributed by atoms with Crippen molar-refractivity contribution in [2.24, 2.45) is 5.10 Å². The molecule has 3 amide bonds. The highest BCUT2D eigenvalue weighted by atomic mass is 32.2. The maximum atomic E-state index is 14.2. The summed E-state index contributed by atoms with van der Waals surface area (Å²) in [5.41, 5.74) is -1.96. The number of hydrogen-bond donors (Lipinski definition) is 8. The first-order valence-electron chi connectivity index (χ1n) is 23.5. The highest BCUT2D eigenvalue weighted by Crippen LogP contribution is 2.52. The number of aromatic hydroxyl groups is 2. The molecule has 0 radical (unpaired) electrons. The molecule has 0 aromatic heterocycles. The van der Waals surface area contributed by atoms with Gasteiger partial charge < -0.3 is 59.6 Å². The minimum Gasteiger partial charge on any atom is -0.507 e. The third-order valence-corrected chi connectivity index (χ3v) is 14.1. The SMILES string of the molecule is COc1cccc2c1C(=O)c1c(O)c3c(c(O)c1C2=O)C[C@@](O)(/C(CO)=N/NC(=O)CCCCCN1C(=O)CC(SCCO)C1=O)C[C@@H]3OC1C[C@H](NCCCCC(OC(C)=O)OC(C)=O)C(O)[C@H](C)O1. The Kier molecular flexibility index (Phi) is 18.7. The molecule has 2 aliphatic heterocycles. The fraction of sp³-hybridized carbons (Fsp3) is 0.583. The van der Waals surface area contributed by atoms with Crippen molar-refractivity contribution >= 4 is 58.7 Å². The number of unbranched alkanes of at least 4 members (excludes halogenated alkanes) is 3. The van der Waals surface area contributed by atoms with E-state index in [0.29, 0.717) is 44.4 Å². The van der Waals surface area contributed by atoms with Crippen LogP contribution in [0.4, 0.5) is 0 Å². The number of carbonyl (C=O) groups excluding carboxylic acids is 7. The second-order valence-electron chi connectivity index (χ2n) is 17.9. The number of imide groups is 1. The number of ketones is 2. The van der Waals surface area contributed by atoms with Crippen molar-refractivity contribution in [2.45, 2.75) is 139 Å². The number of fused-ring (bicyclic) bond motifs is 3. The molecule has 0 saturated carbocycles. The Labute approximate surface area is 413 Å². The van der Waals surface area contributed by atoms with Gasteiger partial charge in [0.05, 0.1) is 66.3 Å². The molecule has 4 aliphatic rings. The topological polar surface area (TPSA) is 327 Å². The van der Waals surface area contributed by atoms with Crippen LogP contribution < -0.4 is 15.5 Å². The number of carbonyl (C=O) groups is 7. The standard InChI is InChI=1S/C48H62N4O18S/c1-24-42(59)29(49-15-8-7-14-36(68-25(2)55)69-26(3)56)19-37(67-24)70-31-22-48(65,33(23-54)50-51-34(57)13-6-5-9-16-52-35(58)20-32(47(52)64)71-18-17-53)21-28-39(31)46(63)41-40(44(28)61)43(60)27-11-10-12-30(66-4)38(27)45(41)62/h10-12,24,29,31-32,36-37,42,49,53-54,59,61,63,65H,5-9,13-23H2,1-4H3,(H,51,57)/b50-33+/t24-,29-,31-,32?,37?,42?,48-/m0/s1. The zero-order valence-corrected chi connectivity index (χ0v) is 40.8. The fourth-order valence-corrected chi connectivity index (χ4v) is 10.4. The summed E-state index contributed by atoms with van der Waals surface area (Å²) in [6, 6.07) is 3.66. The summed E-state index contributed by atoms with van der Waals surface area (Å²) in [6.45, 7) is 3.48. The molecule has 2 aliphatic carbocycles. The van der Waals surface area contributed by atoms with Gasteiger partial charge in [-0.2, -0.15) is 5.10 Å². The van der Waals surface area contributed by atoms with Crippen molar-refractivity contribution in [3.8, 4) is 17.2 Å². The Bertz CT molecular complexity index is 2380. The molecule has 8 N–H and O–H groups in total. The highest BCUT2D eigenvalue weighted by molar-refractivity contribution is 8.00. The summed E-state index contributed by atoms with van der Waals surface area (Å²) in [6.07, 6.45) is -4.28. The van der Waals surface area contributed by atoms with E-state index in [1.165, 1.54) is 55.8 Å². The van der Waals surface area contributed by atoms with E-state index in [4.69, 9.17) is 28.8 Å². The van der Waals surface area contributed by atoms with Crippen LogP contribution in [-0.2, 0) is 49.3 Å². The predicted molar refractivity (Wildman–Crippen MR) is 250 cm³/mol. The highest BCUT2D eigenvalue weighted by Gasteiger charge is 2.50. The first-order valence-corrected chi connectivity index (χ1v) is 24.6. The summed E-state index contributed by atoms with van der Waals surface area (Å²) in [4.78, 5) is 90.6. The molecule has 3 unspecified atom stereocenters. The van der Waals surface area contributed by atoms with E-state index in [-0.39, 0.29) is 84.4 Å². The van der Waals surface area contributed by atoms with Crippen LogP contribution in [0.2, 0.25) is 0 Å². The molecule has 2 aromatic rings. The van der Waals surface area contributed by atoms with Crippen molar-refractivity contribution in [3.05, 3.63) is 51.6 Å². The lowest BCUT2D eigenvalue weighted by Gasteiger charge is -2.43. The molecular weight excluding hydrogens is 953 g/mol. The maximum absolute atomic E-state index is 14.2. The third-order valence-electron chi connectivity index (χ3n) is 12.9. The summed E-state index contributed by atoms with van der Waals surface area (Å²) < 4.78 is 28.1. The number of nitrogens with zero attached hydrogens (tertiary/aromatic N) is 2. The van der Waals surface area contributed by atoms with Crippen molar-refractivity contribution in [1.82, 2.24) is 15.6 Å². The average Bonchev–Trinajstić information content (AvgIpc) is 3.59. The molecule has 388 valence electrons. The summed E-state index contributed by atoms with van der Waals surface area (Å²) in [7, 11) is 1.30. The molecule has 0 spiro atoms. The number of methoxy groups -OCH3 is 1. The molecule has 71 heavy (non-hydrogen) atoms. The van der Waals surface area contributed by atoms with E-state index in [1.807, 2.05) is 0 Å². The van der Waals surface area contributed by atoms with Crippen LogP contribution in [0.15, 0.2) is 23.3 Å². The summed E-state index contributed by atoms with van der Waals surface area (Å²) in [5.74, 6) is -5.16. The fourth-order valence-electron chi connectivity index (χ4n) is 9.43. The van der Waals surface area contributed by atoms with Crippen LogP contribution >= 0.6 is 11.8 Å². The van der Waals surface area contributed by atoms with Gasteiger partial charge in [-0.1, -0.05) is 18.6 Å². The molecule has 22 nitrogen and oxygen atoms in total. The summed E-state index contributed by atoms with van der Waals surface area (Å²) in [5, 5.41) is 74.3. The van der Waals surface area contributed by atoms with E-state index in [0.717, 1.165) is 0 Å². The van der Waals surface area contributed by atoms with Gasteiger partial charge in [0.1, 0.15) is 22.8 Å². The van der Waals surface area contributed by atoms with Crippen molar-refractivity contribution in [1.29, 1.82) is 0 Å². The van der Waals surface area contributed by atoms with Crippen LogP contribution in [0.25, 0.3) is 0 Å². The molecule has 6 rings (SSSR count). The monoisotopic (exact) mass is 1010 g/mol. The third kappa shape index (κ3) is 12.6. The lowest BCUT2D eigenvalue weighted by Crippen LogP contribution is -2.55. The number of esters is 2. The zero-order valence-electron chi connectivity index (χ0n) is 40.0. The lowest BCUT2D eigenvalue weighted by molar-refractivity contribution is -0.248. The Hall–Kier alpha value is -5.53. The van der Waals surface area contributed by atoms with E-state index in [2.05, 4.69) is 15.8 Å². The Morgan fingerprint density at radius 3 is 2.37 bits per heavy atom. The number of likely N-dealkylation sites (tertiary alicyclic amines) is 1. The Morgan fingerprint density at radius 1 is 0.972 bits per heavy atom. The molecule has 0 bridgehead atoms. The van der Waals surface area contributed by atoms with Crippen molar-refractivity contribution in [2.75, 3.05) is 39.2 Å². The number of hydrazone groups is 1. The Morgan fingerprint density at radius 2 is 1.69 bits per heavy atom. The second kappa shape index (κ2) is 24.3. The Balaban J connectivity index is 1.21. The van der Waals surface area contributed by atoms with E-state index in [9.17, 15) is 59.1 Å². The molecule has 2 saturated heterocycles. The summed E-state index contributed by atoms with van der Waals surface area (Å²) >= 11 is 1.23. The molecule has 23 heteroatoms. The van der Waals surface area contributed by atoms with Gasteiger partial charge in [0.15, 0.2) is 12.1 Å². The van der Waals surface area contributed by atoms with Gasteiger partial charge in [-0.05, 0) is 45.2 Å². The van der Waals surface area contributed by atoms with Gasteiger partial charge in [0, 0.05) is 87.4 Å². The van der Waals surface area contributed by atoms with Gasteiger partial charge in [-0.15, -0.1) is 11.8 Å². The van der Waals surface area contributed by atoms with Gasteiger partial charge in [-0.25, -0.2) is 5.43 Å². The van der Waals surface area contributed by atoms with Crippen LogP contribution in [0.1, 0.15) is 134 Å². The van der Waals surface area contributed by atoms with Crippen molar-refractivity contribution in [3.63, 3.8) is 0 Å². The quantitative estimate of drug-likeness (QED) is 0.0127. The number of aliphatic hydroxyl groups excluding tert-OH is 3. The number of phenols is 2. The van der Waals surface area contributed by atoms with Crippen LogP contribution in [0, 0.1) is 0 Å². The lowest BCUT2D eigenvalue weighted by atomic mass is 9.71. The first-order chi connectivity index (χ1) is 33.8. The largest absolute Gasteiger partial charge is 0.507 e. The number of rotatable bonds is 23. The van der Waals surface area contributed by atoms with Gasteiger partial charge >= 0.3 is 11.9 Å². The maximum Gasteiger partial charge on any atom is 0.305 e. The van der Waals surface area contributed by atoms with Crippen molar-refractivity contribution < 1.29 is 87.9 Å². The van der Waals surface area contributed by atoms with E-state index >= 15 is 0 Å². The average molecular weight is 1020 g/mol. The number of aliphatic hydroxyl groups is 4. The molecular formula is C48H62N4O18S. The minimum atomic E-state index is -2.24. The van der Waals surface area contributed by atoms with Crippen LogP contribution in [-0.4, -0.2) is 163 Å². The van der Waals surface area contributed by atoms with E-state index < -0.39 is 119 Å². The zero-order chi connectivity index (χ0) is 51.7. The van der Waals surface area contributed by atoms with E-state index in [1.54, 1.807) is 6.92 Å². The van der Waals surface area contributed by atoms with Crippen LogP contribution in [0.3, 0.4) is 0 Å². The molecule has 7 atom stereocenters. The number of nitrogens with one attached hydrogen (secondary N) is 2. The minimum absolute atomic E-state index is 0.00910. The van der Waals surface area contributed by atoms with Gasteiger partial charge in [0.25, 0.3) is 0 Å². The normalized spacial score (nSPS) is 24.1. The molecule has 2 fully saturated rings. The number of thioether (sulfide) groups is 1. The number of phenolic OH excluding ortho intramolecular Hbond substituents is 2. The number of benzene rings is 2. The first kappa shape index (κ1) is 54.8. The van der Waals surface area contributed by atoms with Gasteiger partial charge in [0.2, 0.25) is 29.8 Å².